The first-order valence-electron chi connectivity index (χ1n) is 9.23. The smallest absolute Gasteiger partial charge is 0.354 e. The molecule has 8 nitrogen and oxygen atoms in total. The highest BCUT2D eigenvalue weighted by Gasteiger charge is 2.27. The molecule has 0 fully saturated rings. The molecule has 2 heterocycles. The zero-order valence-corrected chi connectivity index (χ0v) is 17.5. The van der Waals surface area contributed by atoms with E-state index in [0.717, 1.165) is 78.1 Å². The largest absolute Gasteiger partial charge is 0.383 e. The minimum absolute atomic E-state index is 0.00467. The summed E-state index contributed by atoms with van der Waals surface area (Å²) >= 11 is 1.13. The van der Waals surface area contributed by atoms with Gasteiger partial charge in [0.05, 0.1) is 5.69 Å². The summed E-state index contributed by atoms with van der Waals surface area (Å²) in [5.41, 5.74) is 3.79. The van der Waals surface area contributed by atoms with Crippen LogP contribution in [0.25, 0.3) is 0 Å². The average Bonchev–Trinajstić information content (AvgIpc) is 3.33. The molecule has 0 bridgehead atoms. The number of aliphatic hydroxyl groups is 1. The number of carbonyl (C=O) groups excluding carboxylic acids is 1. The Bertz CT molecular complexity index is 1050. The molecule has 4 N–H and O–H groups in total. The van der Waals surface area contributed by atoms with Crippen molar-refractivity contribution in [2.24, 2.45) is 9.50 Å². The first-order chi connectivity index (χ1) is 13.1. The molecule has 0 radical (unpaired) electrons. The summed E-state index contributed by atoms with van der Waals surface area (Å²) in [6, 6.07) is -0.750. The van der Waals surface area contributed by atoms with Crippen LogP contribution in [0.5, 0.6) is 0 Å². The number of aromatic nitrogens is 2. The number of nitrogens with two attached hydrogens (primary N) is 1. The minimum Gasteiger partial charge on any atom is -0.383 e. The van der Waals surface area contributed by atoms with E-state index in [2.05, 4.69) is 14.7 Å². The lowest BCUT2D eigenvalue weighted by Crippen LogP contribution is -2.20. The molecule has 0 saturated carbocycles. The van der Waals surface area contributed by atoms with Crippen LogP contribution in [0.4, 0.5) is 10.5 Å². The van der Waals surface area contributed by atoms with Crippen molar-refractivity contribution in [2.75, 3.05) is 5.32 Å². The van der Waals surface area contributed by atoms with Crippen molar-refractivity contribution in [1.82, 2.24) is 9.97 Å². The Labute approximate surface area is 167 Å². The van der Waals surface area contributed by atoms with E-state index >= 15 is 0 Å². The molecule has 0 spiro atoms. The molecular formula is C18H23N5O3S2. The van der Waals surface area contributed by atoms with E-state index in [4.69, 9.17) is 10.1 Å². The maximum absolute atomic E-state index is 12.8. The fourth-order valence-corrected chi connectivity index (χ4v) is 5.78. The molecule has 28 heavy (non-hydrogen) atoms. The Morgan fingerprint density at radius 2 is 1.82 bits per heavy atom. The lowest BCUT2D eigenvalue weighted by Gasteiger charge is -2.14. The van der Waals surface area contributed by atoms with Crippen molar-refractivity contribution in [2.45, 2.75) is 63.0 Å². The van der Waals surface area contributed by atoms with Gasteiger partial charge in [-0.05, 0) is 63.5 Å². The molecule has 1 atom stereocenters. The van der Waals surface area contributed by atoms with Gasteiger partial charge in [0, 0.05) is 16.8 Å². The van der Waals surface area contributed by atoms with Gasteiger partial charge in [-0.1, -0.05) is 0 Å². The van der Waals surface area contributed by atoms with Crippen LogP contribution in [-0.2, 0) is 41.2 Å². The van der Waals surface area contributed by atoms with E-state index in [1.807, 2.05) is 0 Å². The van der Waals surface area contributed by atoms with Crippen LogP contribution in [0, 0.1) is 0 Å². The third-order valence-electron chi connectivity index (χ3n) is 5.01. The van der Waals surface area contributed by atoms with Gasteiger partial charge in [-0.2, -0.15) is 0 Å². The predicted octanol–water partition coefficient (Wildman–Crippen LogP) is 2.68. The van der Waals surface area contributed by atoms with Gasteiger partial charge in [-0.15, -0.1) is 15.7 Å². The highest BCUT2D eigenvalue weighted by molar-refractivity contribution is 7.91. The van der Waals surface area contributed by atoms with Crippen LogP contribution in [0.1, 0.15) is 54.2 Å². The lowest BCUT2D eigenvalue weighted by atomic mass is 10.1. The maximum Gasteiger partial charge on any atom is 0.354 e. The molecule has 2 aromatic heterocycles. The predicted molar refractivity (Wildman–Crippen MR) is 108 cm³/mol. The van der Waals surface area contributed by atoms with Gasteiger partial charge in [0.25, 0.3) is 0 Å². The normalized spacial score (nSPS) is 17.7. The summed E-state index contributed by atoms with van der Waals surface area (Å²) in [5, 5.41) is 20.5. The number of carbonyl (C=O) groups is 1. The van der Waals surface area contributed by atoms with E-state index in [1.165, 1.54) is 5.38 Å². The number of hydrogen-bond donors (Lipinski definition) is 3. The molecule has 4 rings (SSSR count). The fourth-order valence-electron chi connectivity index (χ4n) is 3.71. The van der Waals surface area contributed by atoms with Crippen molar-refractivity contribution < 1.29 is 14.1 Å². The quantitative estimate of drug-likeness (QED) is 0.701. The Hall–Kier alpha value is -1.88. The Morgan fingerprint density at radius 1 is 1.21 bits per heavy atom. The fraction of sp³-hybridized carbons (Fsp3) is 0.500. The summed E-state index contributed by atoms with van der Waals surface area (Å²) < 4.78 is 16.5. The van der Waals surface area contributed by atoms with Crippen LogP contribution in [0.2, 0.25) is 0 Å². The number of amides is 2. The van der Waals surface area contributed by atoms with Crippen LogP contribution < -0.4 is 10.5 Å². The molecule has 0 saturated heterocycles. The number of aryl methyl sites for hydroxylation is 2. The van der Waals surface area contributed by atoms with Gasteiger partial charge < -0.3 is 10.4 Å². The average molecular weight is 422 g/mol. The van der Waals surface area contributed by atoms with Crippen LogP contribution in [0.15, 0.2) is 14.8 Å². The summed E-state index contributed by atoms with van der Waals surface area (Å²) in [6.45, 7) is 3.14. The highest BCUT2D eigenvalue weighted by Crippen LogP contribution is 2.36. The standard InChI is InChI=1S/C18H23N5O3S2/c1-18(2,25)16-21-14(9-27-16)28(19,26)23-17(24)22-15-10-5-3-7-12(10)20-13-8-4-6-11(13)15/h9,25H,3-8H2,1-2H3,(H3,19,20,22,23,24,26). The molecule has 0 aromatic carbocycles. The van der Waals surface area contributed by atoms with E-state index < -0.39 is 21.5 Å². The molecule has 2 aliphatic carbocycles. The zero-order chi connectivity index (χ0) is 20.1. The van der Waals surface area contributed by atoms with Gasteiger partial charge in [-0.3, -0.25) is 4.98 Å². The number of fused-ring (bicyclic) bond motifs is 2. The zero-order valence-electron chi connectivity index (χ0n) is 15.8. The maximum atomic E-state index is 12.8. The Balaban J connectivity index is 1.65. The van der Waals surface area contributed by atoms with E-state index in [0.29, 0.717) is 5.01 Å². The van der Waals surface area contributed by atoms with Gasteiger partial charge in [-0.25, -0.2) is 19.1 Å². The van der Waals surface area contributed by atoms with Gasteiger partial charge in [0.1, 0.15) is 10.6 Å². The number of thiazole rings is 1. The lowest BCUT2D eigenvalue weighted by molar-refractivity contribution is 0.0778. The molecular weight excluding hydrogens is 398 g/mol. The molecule has 2 amide bonds. The first kappa shape index (κ1) is 19.4. The molecule has 1 unspecified atom stereocenters. The van der Waals surface area contributed by atoms with Crippen LogP contribution >= 0.6 is 11.3 Å². The topological polar surface area (TPSA) is 131 Å². The summed E-state index contributed by atoms with van der Waals surface area (Å²) in [6.07, 6.45) is 5.58. The van der Waals surface area contributed by atoms with E-state index in [-0.39, 0.29) is 5.03 Å². The van der Waals surface area contributed by atoms with Crippen molar-refractivity contribution in [3.63, 3.8) is 0 Å². The van der Waals surface area contributed by atoms with Crippen molar-refractivity contribution >= 4 is 33.0 Å². The van der Waals surface area contributed by atoms with Gasteiger partial charge in [0.2, 0.25) is 0 Å². The summed E-state index contributed by atoms with van der Waals surface area (Å²) in [5.74, 6) is 0. The second kappa shape index (κ2) is 6.87. The highest BCUT2D eigenvalue weighted by atomic mass is 32.2. The third kappa shape index (κ3) is 3.57. The van der Waals surface area contributed by atoms with E-state index in [1.54, 1.807) is 13.8 Å². The number of hydrogen-bond acceptors (Lipinski definition) is 6. The number of urea groups is 1. The Kier molecular flexibility index (Phi) is 4.77. The monoisotopic (exact) mass is 421 g/mol. The number of anilines is 1. The molecule has 10 heteroatoms. The van der Waals surface area contributed by atoms with Crippen molar-refractivity contribution in [3.05, 3.63) is 32.9 Å². The second-order valence-corrected chi connectivity index (χ2v) is 10.3. The first-order valence-corrected chi connectivity index (χ1v) is 11.7. The number of nitrogens with zero attached hydrogens (tertiary/aromatic N) is 3. The summed E-state index contributed by atoms with van der Waals surface area (Å²) in [7, 11) is -3.51. The second-order valence-electron chi connectivity index (χ2n) is 7.68. The molecule has 150 valence electrons. The SMILES string of the molecule is CC(C)(O)c1nc(S(N)(=O)=NC(=O)Nc2c3c(nc4c2CCC4)CCC3)cs1. The third-order valence-corrected chi connectivity index (χ3v) is 7.56. The molecule has 0 aliphatic heterocycles. The number of rotatable bonds is 3. The molecule has 2 aromatic rings. The molecule has 2 aliphatic rings. The summed E-state index contributed by atoms with van der Waals surface area (Å²) in [4.78, 5) is 21.4. The van der Waals surface area contributed by atoms with Gasteiger partial charge >= 0.3 is 6.03 Å². The van der Waals surface area contributed by atoms with E-state index in [9.17, 15) is 14.1 Å². The number of nitrogens with one attached hydrogen (secondary N) is 1. The van der Waals surface area contributed by atoms with Crippen molar-refractivity contribution in [3.8, 4) is 0 Å². The van der Waals surface area contributed by atoms with Crippen molar-refractivity contribution in [1.29, 1.82) is 0 Å². The van der Waals surface area contributed by atoms with Crippen LogP contribution in [-0.4, -0.2) is 25.3 Å². The number of pyridine rings is 1. The minimum atomic E-state index is -3.51. The Morgan fingerprint density at radius 3 is 2.36 bits per heavy atom. The van der Waals surface area contributed by atoms with Gasteiger partial charge in [0.15, 0.2) is 14.9 Å². The van der Waals surface area contributed by atoms with Crippen LogP contribution in [0.3, 0.4) is 0 Å².